The summed E-state index contributed by atoms with van der Waals surface area (Å²) in [6.07, 6.45) is 0.916. The molecule has 22 heavy (non-hydrogen) atoms. The smallest absolute Gasteiger partial charge is 0.254 e. The van der Waals surface area contributed by atoms with Crippen molar-refractivity contribution in [1.29, 1.82) is 0 Å². The second-order valence-corrected chi connectivity index (χ2v) is 8.29. The van der Waals surface area contributed by atoms with Crippen molar-refractivity contribution in [2.45, 2.75) is 36.0 Å². The number of amides is 1. The molecule has 1 aromatic heterocycles. The molecule has 1 aromatic carbocycles. The highest BCUT2D eigenvalue weighted by Gasteiger charge is 2.40. The number of sulfone groups is 1. The molecule has 116 valence electrons. The second kappa shape index (κ2) is 5.81. The fourth-order valence-electron chi connectivity index (χ4n) is 2.51. The lowest BCUT2D eigenvalue weighted by molar-refractivity contribution is 0.0917. The zero-order valence-electron chi connectivity index (χ0n) is 12.0. The summed E-state index contributed by atoms with van der Waals surface area (Å²) in [5.41, 5.74) is 1.27. The Balaban J connectivity index is 1.61. The summed E-state index contributed by atoms with van der Waals surface area (Å²) < 4.78 is 28.9. The van der Waals surface area contributed by atoms with Crippen molar-refractivity contribution in [1.82, 2.24) is 9.69 Å². The molecule has 1 aliphatic carbocycles. The van der Waals surface area contributed by atoms with E-state index in [2.05, 4.69) is 9.69 Å². The lowest BCUT2D eigenvalue weighted by atomic mass is 9.92. The molecular weight excluding hydrogens is 320 g/mol. The van der Waals surface area contributed by atoms with E-state index in [0.29, 0.717) is 29.0 Å². The monoisotopic (exact) mass is 336 g/mol. The average molecular weight is 336 g/mol. The number of nitrogens with one attached hydrogen (secondary N) is 1. The fourth-order valence-corrected chi connectivity index (χ4v) is 5.10. The van der Waals surface area contributed by atoms with E-state index in [1.165, 1.54) is 11.5 Å². The number of aryl methyl sites for hydroxylation is 1. The molecule has 0 unspecified atom stereocenters. The van der Waals surface area contributed by atoms with Gasteiger partial charge in [0.05, 0.1) is 21.4 Å². The van der Waals surface area contributed by atoms with Crippen LogP contribution in [0.15, 0.2) is 40.6 Å². The molecule has 1 fully saturated rings. The van der Waals surface area contributed by atoms with Crippen molar-refractivity contribution < 1.29 is 13.2 Å². The second-order valence-electron chi connectivity index (χ2n) is 5.44. The van der Waals surface area contributed by atoms with Gasteiger partial charge in [-0.3, -0.25) is 4.79 Å². The van der Waals surface area contributed by atoms with E-state index in [0.717, 1.165) is 0 Å². The Hall–Kier alpha value is -1.73. The number of rotatable bonds is 4. The summed E-state index contributed by atoms with van der Waals surface area (Å²) in [5.74, 6) is -0.174. The van der Waals surface area contributed by atoms with E-state index in [4.69, 9.17) is 0 Å². The first-order chi connectivity index (χ1) is 10.5. The van der Waals surface area contributed by atoms with E-state index in [9.17, 15) is 13.2 Å². The molecule has 1 N–H and O–H groups in total. The largest absolute Gasteiger partial charge is 0.349 e. The Morgan fingerprint density at radius 1 is 1.27 bits per heavy atom. The van der Waals surface area contributed by atoms with Crippen LogP contribution in [0.5, 0.6) is 0 Å². The Labute approximate surface area is 133 Å². The van der Waals surface area contributed by atoms with E-state index in [1.54, 1.807) is 42.6 Å². The highest BCUT2D eigenvalue weighted by atomic mass is 32.2. The lowest BCUT2D eigenvalue weighted by Gasteiger charge is -2.35. The maximum atomic E-state index is 12.4. The van der Waals surface area contributed by atoms with Gasteiger partial charge in [0, 0.05) is 11.4 Å². The van der Waals surface area contributed by atoms with Crippen LogP contribution in [0.4, 0.5) is 0 Å². The van der Waals surface area contributed by atoms with E-state index in [-0.39, 0.29) is 11.9 Å². The number of hydrogen-bond acceptors (Lipinski definition) is 5. The fraction of sp³-hybridized carbons (Fsp3) is 0.333. The molecule has 5 nitrogen and oxygen atoms in total. The van der Waals surface area contributed by atoms with Crippen molar-refractivity contribution in [3.63, 3.8) is 0 Å². The standard InChI is InChI=1S/C15H16N2O3S2/c1-10-14(9-21-17-10)15(18)16-11-7-13(8-11)22(19,20)12-5-3-2-4-6-12/h2-6,9,11,13H,7-8H2,1H3,(H,16,18). The molecule has 1 aliphatic rings. The van der Waals surface area contributed by atoms with Crippen LogP contribution in [0.1, 0.15) is 28.9 Å². The Kier molecular flexibility index (Phi) is 4.01. The van der Waals surface area contributed by atoms with Gasteiger partial charge in [-0.25, -0.2) is 8.42 Å². The Morgan fingerprint density at radius 2 is 1.95 bits per heavy atom. The summed E-state index contributed by atoms with van der Waals surface area (Å²) in [7, 11) is -3.29. The molecule has 7 heteroatoms. The van der Waals surface area contributed by atoms with Crippen LogP contribution in [-0.2, 0) is 9.84 Å². The molecule has 0 atom stereocenters. The topological polar surface area (TPSA) is 76.1 Å². The van der Waals surface area contributed by atoms with Gasteiger partial charge in [-0.05, 0) is 43.4 Å². The van der Waals surface area contributed by atoms with Gasteiger partial charge in [0.1, 0.15) is 0 Å². The Morgan fingerprint density at radius 3 is 2.55 bits per heavy atom. The van der Waals surface area contributed by atoms with Gasteiger partial charge in [0.25, 0.3) is 5.91 Å². The van der Waals surface area contributed by atoms with Crippen LogP contribution in [0, 0.1) is 6.92 Å². The number of hydrogen-bond donors (Lipinski definition) is 1. The third kappa shape index (κ3) is 2.78. The Bertz CT molecular complexity index is 778. The molecule has 1 heterocycles. The maximum absolute atomic E-state index is 12.4. The first-order valence-electron chi connectivity index (χ1n) is 6.99. The quantitative estimate of drug-likeness (QED) is 0.928. The maximum Gasteiger partial charge on any atom is 0.254 e. The zero-order valence-corrected chi connectivity index (χ0v) is 13.7. The van der Waals surface area contributed by atoms with Crippen LogP contribution in [0.2, 0.25) is 0 Å². The van der Waals surface area contributed by atoms with Gasteiger partial charge in [-0.1, -0.05) is 18.2 Å². The third-order valence-corrected chi connectivity index (χ3v) is 6.85. The first-order valence-corrected chi connectivity index (χ1v) is 9.37. The minimum absolute atomic E-state index is 0.0877. The van der Waals surface area contributed by atoms with Crippen LogP contribution in [0.25, 0.3) is 0 Å². The minimum Gasteiger partial charge on any atom is -0.349 e. The number of aromatic nitrogens is 1. The average Bonchev–Trinajstić information content (AvgIpc) is 2.89. The summed E-state index contributed by atoms with van der Waals surface area (Å²) in [5, 5.41) is 4.17. The molecule has 0 bridgehead atoms. The van der Waals surface area contributed by atoms with E-state index >= 15 is 0 Å². The number of benzene rings is 1. The SMILES string of the molecule is Cc1nscc1C(=O)NC1CC(S(=O)(=O)c2ccccc2)C1. The minimum atomic E-state index is -3.29. The number of carbonyl (C=O) groups is 1. The van der Waals surface area contributed by atoms with Crippen LogP contribution >= 0.6 is 11.5 Å². The number of nitrogens with zero attached hydrogens (tertiary/aromatic N) is 1. The summed E-state index contributed by atoms with van der Waals surface area (Å²) in [4.78, 5) is 12.4. The van der Waals surface area contributed by atoms with Crippen molar-refractivity contribution >= 4 is 27.3 Å². The molecule has 1 amide bonds. The molecule has 2 aromatic rings. The number of carbonyl (C=O) groups excluding carboxylic acids is 1. The lowest BCUT2D eigenvalue weighted by Crippen LogP contribution is -2.49. The van der Waals surface area contributed by atoms with Gasteiger partial charge < -0.3 is 5.32 Å². The van der Waals surface area contributed by atoms with Crippen LogP contribution in [-0.4, -0.2) is 30.0 Å². The van der Waals surface area contributed by atoms with Gasteiger partial charge in [-0.15, -0.1) is 0 Å². The molecule has 0 saturated heterocycles. The normalized spacial score (nSPS) is 21.1. The summed E-state index contributed by atoms with van der Waals surface area (Å²) >= 11 is 1.24. The molecular formula is C15H16N2O3S2. The van der Waals surface area contributed by atoms with Crippen molar-refractivity contribution in [3.8, 4) is 0 Å². The van der Waals surface area contributed by atoms with Crippen molar-refractivity contribution in [2.75, 3.05) is 0 Å². The van der Waals surface area contributed by atoms with Crippen LogP contribution in [0.3, 0.4) is 0 Å². The highest BCUT2D eigenvalue weighted by Crippen LogP contribution is 2.31. The van der Waals surface area contributed by atoms with Gasteiger partial charge in [0.2, 0.25) is 0 Å². The molecule has 0 spiro atoms. The highest BCUT2D eigenvalue weighted by molar-refractivity contribution is 7.92. The summed E-state index contributed by atoms with van der Waals surface area (Å²) in [6, 6.07) is 8.37. The van der Waals surface area contributed by atoms with E-state index < -0.39 is 15.1 Å². The molecule has 3 rings (SSSR count). The molecule has 0 aliphatic heterocycles. The first kappa shape index (κ1) is 15.2. The predicted molar refractivity (Wildman–Crippen MR) is 84.8 cm³/mol. The van der Waals surface area contributed by atoms with Crippen LogP contribution < -0.4 is 5.32 Å². The molecule has 0 radical (unpaired) electrons. The van der Waals surface area contributed by atoms with Gasteiger partial charge >= 0.3 is 0 Å². The van der Waals surface area contributed by atoms with Crippen molar-refractivity contribution in [3.05, 3.63) is 47.0 Å². The predicted octanol–water partition coefficient (Wildman–Crippen LogP) is 2.19. The van der Waals surface area contributed by atoms with Gasteiger partial charge in [-0.2, -0.15) is 4.37 Å². The zero-order chi connectivity index (χ0) is 15.7. The van der Waals surface area contributed by atoms with Crippen molar-refractivity contribution in [2.24, 2.45) is 0 Å². The molecule has 1 saturated carbocycles. The summed E-state index contributed by atoms with van der Waals surface area (Å²) in [6.45, 7) is 1.79. The van der Waals surface area contributed by atoms with E-state index in [1.807, 2.05) is 0 Å². The van der Waals surface area contributed by atoms with Gasteiger partial charge in [0.15, 0.2) is 9.84 Å². The third-order valence-electron chi connectivity index (χ3n) is 3.94.